The average Bonchev–Trinajstić information content (AvgIpc) is 3.04. The third-order valence-corrected chi connectivity index (χ3v) is 10.3. The van der Waals surface area contributed by atoms with E-state index in [0.717, 1.165) is 12.8 Å². The highest BCUT2D eigenvalue weighted by Crippen LogP contribution is 2.19. The summed E-state index contributed by atoms with van der Waals surface area (Å²) in [5.41, 5.74) is 0. The van der Waals surface area contributed by atoms with E-state index in [1.807, 2.05) is 0 Å². The molecule has 0 rings (SSSR count). The lowest BCUT2D eigenvalue weighted by Crippen LogP contribution is -2.16. The van der Waals surface area contributed by atoms with Crippen LogP contribution in [0.4, 0.5) is 0 Å². The van der Waals surface area contributed by atoms with Gasteiger partial charge in [0.15, 0.2) is 0 Å². The molecule has 0 amide bonds. The molecule has 0 N–H and O–H groups in total. The van der Waals surface area contributed by atoms with E-state index in [4.69, 9.17) is 4.74 Å². The zero-order valence-electron chi connectivity index (χ0n) is 32.5. The van der Waals surface area contributed by atoms with Crippen LogP contribution in [0.3, 0.4) is 0 Å². The van der Waals surface area contributed by atoms with Crippen LogP contribution in [-0.2, 0) is 9.53 Å². The van der Waals surface area contributed by atoms with E-state index in [2.05, 4.69) is 13.8 Å². The van der Waals surface area contributed by atoms with Crippen LogP contribution in [0, 0.1) is 0 Å². The van der Waals surface area contributed by atoms with Gasteiger partial charge in [0.25, 0.3) is 0 Å². The lowest BCUT2D eigenvalue weighted by molar-refractivity contribution is -0.147. The molecular weight excluding hydrogens is 560 g/mol. The van der Waals surface area contributed by atoms with Crippen LogP contribution in [0.15, 0.2) is 0 Å². The molecule has 0 radical (unpaired) electrons. The van der Waals surface area contributed by atoms with Gasteiger partial charge in [-0.15, -0.1) is 0 Å². The molecule has 1 atom stereocenters. The van der Waals surface area contributed by atoms with Crippen molar-refractivity contribution in [2.75, 3.05) is 0 Å². The van der Waals surface area contributed by atoms with Crippen molar-refractivity contribution in [3.63, 3.8) is 0 Å². The van der Waals surface area contributed by atoms with Crippen LogP contribution in [-0.4, -0.2) is 12.1 Å². The molecule has 46 heavy (non-hydrogen) atoms. The van der Waals surface area contributed by atoms with Crippen molar-refractivity contribution < 1.29 is 9.53 Å². The van der Waals surface area contributed by atoms with Gasteiger partial charge in [-0.05, 0) is 25.7 Å². The third kappa shape index (κ3) is 39.6. The summed E-state index contributed by atoms with van der Waals surface area (Å²) < 4.78 is 5.64. The van der Waals surface area contributed by atoms with E-state index in [-0.39, 0.29) is 12.1 Å². The van der Waals surface area contributed by atoms with E-state index >= 15 is 0 Å². The van der Waals surface area contributed by atoms with Crippen LogP contribution in [0.2, 0.25) is 0 Å². The Morgan fingerprint density at radius 1 is 0.326 bits per heavy atom. The first kappa shape index (κ1) is 45.5. The molecule has 0 aliphatic rings. The van der Waals surface area contributed by atoms with E-state index in [0.29, 0.717) is 0 Å². The standard InChI is InChI=1S/C44H88O2/c1-4-6-8-10-12-14-15-16-17-18-19-20-21-22-23-24-25-26-27-28-29-30-31-32-34-36-38-40-42-44(46-43(3)45)41-39-37-35-33-13-11-9-7-5-2/h44H,4-42H2,1-3H3. The molecule has 0 aliphatic carbocycles. The highest BCUT2D eigenvalue weighted by atomic mass is 16.5. The largest absolute Gasteiger partial charge is 0.463 e. The maximum Gasteiger partial charge on any atom is 0.302 e. The molecule has 2 nitrogen and oxygen atoms in total. The van der Waals surface area contributed by atoms with Gasteiger partial charge >= 0.3 is 5.97 Å². The normalized spacial score (nSPS) is 12.2. The monoisotopic (exact) mass is 649 g/mol. The van der Waals surface area contributed by atoms with Gasteiger partial charge in [-0.3, -0.25) is 4.79 Å². The van der Waals surface area contributed by atoms with Crippen molar-refractivity contribution >= 4 is 5.97 Å². The topological polar surface area (TPSA) is 26.3 Å². The van der Waals surface area contributed by atoms with Crippen molar-refractivity contribution in [3.05, 3.63) is 0 Å². The number of rotatable bonds is 40. The Balaban J connectivity index is 3.32. The van der Waals surface area contributed by atoms with Gasteiger partial charge in [0.05, 0.1) is 0 Å². The van der Waals surface area contributed by atoms with Gasteiger partial charge in [0, 0.05) is 6.92 Å². The molecule has 0 heterocycles. The molecule has 0 aromatic heterocycles. The Labute approximate surface area is 292 Å². The minimum absolute atomic E-state index is 0.0962. The summed E-state index contributed by atoms with van der Waals surface area (Å²) in [4.78, 5) is 11.5. The quantitative estimate of drug-likeness (QED) is 0.0488. The lowest BCUT2D eigenvalue weighted by atomic mass is 10.0. The maximum absolute atomic E-state index is 11.5. The van der Waals surface area contributed by atoms with Gasteiger partial charge in [-0.1, -0.05) is 239 Å². The number of hydrogen-bond acceptors (Lipinski definition) is 2. The van der Waals surface area contributed by atoms with Gasteiger partial charge in [0.2, 0.25) is 0 Å². The van der Waals surface area contributed by atoms with Gasteiger partial charge in [-0.2, -0.15) is 0 Å². The molecule has 0 bridgehead atoms. The first-order valence-corrected chi connectivity index (χ1v) is 21.9. The maximum atomic E-state index is 11.5. The Bertz CT molecular complexity index is 558. The number of esters is 1. The Kier molecular flexibility index (Phi) is 40.2. The van der Waals surface area contributed by atoms with Crippen LogP contribution in [0.5, 0.6) is 0 Å². The minimum atomic E-state index is -0.0962. The number of hydrogen-bond donors (Lipinski definition) is 0. The number of ether oxygens (including phenoxy) is 1. The smallest absolute Gasteiger partial charge is 0.302 e. The SMILES string of the molecule is CCCCCCCCCCCCCCCCCCCCCCCCCCCCCCC(CCCCCCCCCCC)OC(C)=O. The summed E-state index contributed by atoms with van der Waals surface area (Å²) in [6, 6.07) is 0. The van der Waals surface area contributed by atoms with Gasteiger partial charge in [-0.25, -0.2) is 0 Å². The molecule has 0 saturated carbocycles. The zero-order chi connectivity index (χ0) is 33.4. The first-order valence-electron chi connectivity index (χ1n) is 21.9. The first-order chi connectivity index (χ1) is 22.7. The average molecular weight is 649 g/mol. The minimum Gasteiger partial charge on any atom is -0.463 e. The fraction of sp³-hybridized carbons (Fsp3) is 0.977. The van der Waals surface area contributed by atoms with Gasteiger partial charge in [0.1, 0.15) is 6.10 Å². The van der Waals surface area contributed by atoms with Crippen molar-refractivity contribution in [1.29, 1.82) is 0 Å². The van der Waals surface area contributed by atoms with Crippen molar-refractivity contribution in [3.8, 4) is 0 Å². The zero-order valence-corrected chi connectivity index (χ0v) is 32.5. The van der Waals surface area contributed by atoms with E-state index < -0.39 is 0 Å². The molecule has 0 spiro atoms. The predicted octanol–water partition coefficient (Wildman–Crippen LogP) is 16.2. The molecule has 0 fully saturated rings. The van der Waals surface area contributed by atoms with E-state index in [1.54, 1.807) is 6.92 Å². The van der Waals surface area contributed by atoms with Crippen LogP contribution >= 0.6 is 0 Å². The summed E-state index contributed by atoms with van der Waals surface area (Å²) in [5.74, 6) is -0.0962. The number of carbonyl (C=O) groups is 1. The summed E-state index contributed by atoms with van der Waals surface area (Å²) in [6.45, 7) is 6.16. The second-order valence-corrected chi connectivity index (χ2v) is 15.2. The molecule has 1 unspecified atom stereocenters. The summed E-state index contributed by atoms with van der Waals surface area (Å²) in [5, 5.41) is 0. The molecule has 0 aliphatic heterocycles. The molecule has 0 aromatic carbocycles. The third-order valence-electron chi connectivity index (χ3n) is 10.3. The Morgan fingerprint density at radius 3 is 0.674 bits per heavy atom. The predicted molar refractivity (Wildman–Crippen MR) is 207 cm³/mol. The molecule has 2 heteroatoms. The van der Waals surface area contributed by atoms with Gasteiger partial charge < -0.3 is 4.74 Å². The highest BCUT2D eigenvalue weighted by molar-refractivity contribution is 5.66. The fourth-order valence-corrected chi connectivity index (χ4v) is 7.22. The second-order valence-electron chi connectivity index (χ2n) is 15.2. The fourth-order valence-electron chi connectivity index (χ4n) is 7.22. The Hall–Kier alpha value is -0.530. The molecular formula is C44H88O2. The van der Waals surface area contributed by atoms with Crippen molar-refractivity contribution in [2.24, 2.45) is 0 Å². The Morgan fingerprint density at radius 2 is 0.500 bits per heavy atom. The van der Waals surface area contributed by atoms with Crippen molar-refractivity contribution in [1.82, 2.24) is 0 Å². The molecule has 276 valence electrons. The molecule has 0 saturated heterocycles. The van der Waals surface area contributed by atoms with E-state index in [1.165, 1.54) is 238 Å². The summed E-state index contributed by atoms with van der Waals surface area (Å²) >= 11 is 0. The number of carbonyl (C=O) groups excluding carboxylic acids is 1. The lowest BCUT2D eigenvalue weighted by Gasteiger charge is -2.17. The van der Waals surface area contributed by atoms with Crippen LogP contribution in [0.1, 0.15) is 271 Å². The second kappa shape index (κ2) is 40.6. The van der Waals surface area contributed by atoms with E-state index in [9.17, 15) is 4.79 Å². The molecule has 0 aromatic rings. The highest BCUT2D eigenvalue weighted by Gasteiger charge is 2.11. The summed E-state index contributed by atoms with van der Waals surface area (Å²) in [7, 11) is 0. The van der Waals surface area contributed by atoms with Crippen LogP contribution < -0.4 is 0 Å². The van der Waals surface area contributed by atoms with Crippen LogP contribution in [0.25, 0.3) is 0 Å². The summed E-state index contributed by atoms with van der Waals surface area (Å²) in [6.07, 6.45) is 54.7. The number of unbranched alkanes of at least 4 members (excludes halogenated alkanes) is 35. The van der Waals surface area contributed by atoms with Crippen molar-refractivity contribution in [2.45, 2.75) is 277 Å².